The largest absolute Gasteiger partial charge is 0.464 e. The Kier molecular flexibility index (Phi) is 5.41. The van der Waals surface area contributed by atoms with Crippen LogP contribution in [0.25, 0.3) is 11.0 Å². The highest BCUT2D eigenvalue weighted by Crippen LogP contribution is 2.56. The fraction of sp³-hybridized carbons (Fsp3) is 0.655. The van der Waals surface area contributed by atoms with Gasteiger partial charge in [0.2, 0.25) is 11.8 Å². The standard InChI is InChI=1S/C29H37N3O3/c33-28-26-20-5-6-21(15-20)27(26)29(34)32(28)18-23-4-2-1-3-22(23)17-30-10-12-31(13-11-30)24-7-8-25-19(16-24)9-14-35-25/h7-9,14,16,20-23,26-27H,1-6,10-13,15,17-18H2. The molecule has 35 heavy (non-hydrogen) atoms. The maximum atomic E-state index is 13.3. The number of imide groups is 1. The predicted octanol–water partition coefficient (Wildman–Crippen LogP) is 4.39. The summed E-state index contributed by atoms with van der Waals surface area (Å²) in [5.74, 6) is 2.44. The van der Waals surface area contributed by atoms with Crippen molar-refractivity contribution in [2.45, 2.75) is 44.9 Å². The molecular formula is C29H37N3O3. The molecule has 2 bridgehead atoms. The van der Waals surface area contributed by atoms with E-state index in [1.807, 2.05) is 6.07 Å². The highest BCUT2D eigenvalue weighted by Gasteiger charge is 2.61. The Morgan fingerprint density at radius 2 is 1.49 bits per heavy atom. The van der Waals surface area contributed by atoms with Crippen molar-refractivity contribution < 1.29 is 14.0 Å². The average molecular weight is 476 g/mol. The molecule has 2 saturated heterocycles. The minimum atomic E-state index is 0.0256. The van der Waals surface area contributed by atoms with Crippen LogP contribution in [0.4, 0.5) is 5.69 Å². The van der Waals surface area contributed by atoms with E-state index in [0.29, 0.717) is 30.2 Å². The molecule has 3 heterocycles. The molecule has 0 radical (unpaired) electrons. The van der Waals surface area contributed by atoms with Gasteiger partial charge in [0.25, 0.3) is 0 Å². The zero-order valence-corrected chi connectivity index (χ0v) is 20.6. The van der Waals surface area contributed by atoms with Gasteiger partial charge in [-0.2, -0.15) is 0 Å². The lowest BCUT2D eigenvalue weighted by molar-refractivity contribution is -0.142. The molecule has 5 fully saturated rings. The summed E-state index contributed by atoms with van der Waals surface area (Å²) in [5, 5.41) is 1.16. The van der Waals surface area contributed by atoms with E-state index in [-0.39, 0.29) is 23.7 Å². The molecule has 1 aromatic heterocycles. The van der Waals surface area contributed by atoms with Crippen molar-refractivity contribution in [2.24, 2.45) is 35.5 Å². The van der Waals surface area contributed by atoms with Crippen LogP contribution in [0.3, 0.4) is 0 Å². The number of carbonyl (C=O) groups excluding carboxylic acids is 2. The average Bonchev–Trinajstić information content (AvgIpc) is 3.67. The van der Waals surface area contributed by atoms with Crippen LogP contribution in [0.15, 0.2) is 34.9 Å². The van der Waals surface area contributed by atoms with Crippen molar-refractivity contribution in [3.63, 3.8) is 0 Å². The zero-order chi connectivity index (χ0) is 23.5. The number of anilines is 1. The third-order valence-corrected chi connectivity index (χ3v) is 10.2. The first-order chi connectivity index (χ1) is 17.2. The van der Waals surface area contributed by atoms with Crippen LogP contribution in [-0.4, -0.2) is 60.9 Å². The van der Waals surface area contributed by atoms with E-state index in [1.165, 1.54) is 24.9 Å². The topological polar surface area (TPSA) is 57.0 Å². The Morgan fingerprint density at radius 1 is 0.800 bits per heavy atom. The Morgan fingerprint density at radius 3 is 2.20 bits per heavy atom. The van der Waals surface area contributed by atoms with Gasteiger partial charge in [-0.25, -0.2) is 0 Å². The van der Waals surface area contributed by atoms with E-state index in [0.717, 1.165) is 69.4 Å². The number of hydrogen-bond donors (Lipinski definition) is 0. The summed E-state index contributed by atoms with van der Waals surface area (Å²) >= 11 is 0. The maximum Gasteiger partial charge on any atom is 0.233 e. The first-order valence-electron chi connectivity index (χ1n) is 14.0. The molecule has 2 aromatic rings. The molecule has 2 amide bonds. The second kappa shape index (κ2) is 8.65. The van der Waals surface area contributed by atoms with Gasteiger partial charge in [-0.05, 0) is 80.0 Å². The molecule has 7 rings (SSSR count). The van der Waals surface area contributed by atoms with Crippen LogP contribution in [-0.2, 0) is 9.59 Å². The van der Waals surface area contributed by atoms with Crippen LogP contribution in [0.2, 0.25) is 0 Å². The third-order valence-electron chi connectivity index (χ3n) is 10.2. The van der Waals surface area contributed by atoms with Gasteiger partial charge in [0.1, 0.15) is 5.58 Å². The summed E-state index contributed by atoms with van der Waals surface area (Å²) in [5.41, 5.74) is 2.22. The Bertz CT molecular complexity index is 1090. The summed E-state index contributed by atoms with van der Waals surface area (Å²) in [6.07, 6.45) is 10.1. The Balaban J connectivity index is 0.977. The van der Waals surface area contributed by atoms with Gasteiger partial charge in [-0.3, -0.25) is 19.4 Å². The quantitative estimate of drug-likeness (QED) is 0.601. The van der Waals surface area contributed by atoms with E-state index in [1.54, 1.807) is 11.2 Å². The van der Waals surface area contributed by atoms with E-state index < -0.39 is 0 Å². The molecule has 6 nitrogen and oxygen atoms in total. The lowest BCUT2D eigenvalue weighted by Gasteiger charge is -2.41. The molecule has 3 saturated carbocycles. The van der Waals surface area contributed by atoms with Gasteiger partial charge < -0.3 is 9.32 Å². The lowest BCUT2D eigenvalue weighted by atomic mass is 9.78. The first-order valence-corrected chi connectivity index (χ1v) is 14.0. The van der Waals surface area contributed by atoms with E-state index >= 15 is 0 Å². The van der Waals surface area contributed by atoms with Crippen LogP contribution >= 0.6 is 0 Å². The molecule has 5 aliphatic rings. The smallest absolute Gasteiger partial charge is 0.233 e. The van der Waals surface area contributed by atoms with Gasteiger partial charge in [-0.1, -0.05) is 12.8 Å². The van der Waals surface area contributed by atoms with Crippen LogP contribution in [0.1, 0.15) is 44.9 Å². The summed E-state index contributed by atoms with van der Waals surface area (Å²) < 4.78 is 5.50. The molecule has 6 heteroatoms. The van der Waals surface area contributed by atoms with Crippen LogP contribution in [0.5, 0.6) is 0 Å². The highest BCUT2D eigenvalue weighted by molar-refractivity contribution is 6.06. The summed E-state index contributed by atoms with van der Waals surface area (Å²) in [6.45, 7) is 6.00. The SMILES string of the molecule is O=C1C2C3CCC(C3)C2C(=O)N1CC1CCCCC1CN1CCN(c2ccc3occc3c2)CC1. The van der Waals surface area contributed by atoms with Gasteiger partial charge >= 0.3 is 0 Å². The number of benzene rings is 1. The number of carbonyl (C=O) groups is 2. The number of rotatable bonds is 5. The minimum Gasteiger partial charge on any atom is -0.464 e. The van der Waals surface area contributed by atoms with E-state index in [9.17, 15) is 9.59 Å². The number of hydrogen-bond acceptors (Lipinski definition) is 5. The maximum absolute atomic E-state index is 13.3. The summed E-state index contributed by atoms with van der Waals surface area (Å²) in [7, 11) is 0. The number of amides is 2. The molecule has 3 aliphatic carbocycles. The highest BCUT2D eigenvalue weighted by atomic mass is 16.3. The van der Waals surface area contributed by atoms with Gasteiger partial charge in [0, 0.05) is 50.3 Å². The van der Waals surface area contributed by atoms with Gasteiger partial charge in [-0.15, -0.1) is 0 Å². The number of nitrogens with zero attached hydrogens (tertiary/aromatic N) is 3. The van der Waals surface area contributed by atoms with Gasteiger partial charge in [0.15, 0.2) is 0 Å². The molecule has 186 valence electrons. The second-order valence-corrected chi connectivity index (χ2v) is 11.9. The Labute approximate surface area is 207 Å². The number of likely N-dealkylation sites (tertiary alicyclic amines) is 1. The van der Waals surface area contributed by atoms with Crippen LogP contribution in [0, 0.1) is 35.5 Å². The zero-order valence-electron chi connectivity index (χ0n) is 20.6. The second-order valence-electron chi connectivity index (χ2n) is 11.9. The molecule has 1 aromatic carbocycles. The normalized spacial score (nSPS) is 35.4. The fourth-order valence-corrected chi connectivity index (χ4v) is 8.32. The summed E-state index contributed by atoms with van der Waals surface area (Å²) in [6, 6.07) is 8.51. The molecule has 2 aliphatic heterocycles. The van der Waals surface area contributed by atoms with E-state index in [2.05, 4.69) is 28.0 Å². The number of piperazine rings is 1. The molecular weight excluding hydrogens is 438 g/mol. The Hall–Kier alpha value is -2.34. The van der Waals surface area contributed by atoms with Gasteiger partial charge in [0.05, 0.1) is 18.1 Å². The summed E-state index contributed by atoms with van der Waals surface area (Å²) in [4.78, 5) is 33.4. The molecule has 0 N–H and O–H groups in total. The van der Waals surface area contributed by atoms with Crippen molar-refractivity contribution in [3.05, 3.63) is 30.5 Å². The molecule has 6 atom stereocenters. The van der Waals surface area contributed by atoms with Crippen molar-refractivity contribution in [1.82, 2.24) is 9.80 Å². The first kappa shape index (κ1) is 21.9. The van der Waals surface area contributed by atoms with E-state index in [4.69, 9.17) is 4.42 Å². The van der Waals surface area contributed by atoms with Crippen LogP contribution < -0.4 is 4.90 Å². The molecule has 6 unspecified atom stereocenters. The van der Waals surface area contributed by atoms with Crippen molar-refractivity contribution in [3.8, 4) is 0 Å². The lowest BCUT2D eigenvalue weighted by Crippen LogP contribution is -2.49. The monoisotopic (exact) mass is 475 g/mol. The van der Waals surface area contributed by atoms with Crippen molar-refractivity contribution in [1.29, 1.82) is 0 Å². The number of furan rings is 1. The van der Waals surface area contributed by atoms with Crippen molar-refractivity contribution in [2.75, 3.05) is 44.2 Å². The fourth-order valence-electron chi connectivity index (χ4n) is 8.32. The number of fused-ring (bicyclic) bond motifs is 6. The van der Waals surface area contributed by atoms with Crippen molar-refractivity contribution >= 4 is 28.5 Å². The minimum absolute atomic E-state index is 0.0256. The molecule has 0 spiro atoms. The third kappa shape index (κ3) is 3.71. The predicted molar refractivity (Wildman–Crippen MR) is 135 cm³/mol.